The lowest BCUT2D eigenvalue weighted by molar-refractivity contribution is 0.575. The van der Waals surface area contributed by atoms with Gasteiger partial charge < -0.3 is 0 Å². The van der Waals surface area contributed by atoms with Crippen molar-refractivity contribution in [2.75, 3.05) is 5.75 Å². The second-order valence-electron chi connectivity index (χ2n) is 4.77. The molecule has 0 amide bonds. The van der Waals surface area contributed by atoms with E-state index >= 15 is 0 Å². The van der Waals surface area contributed by atoms with Gasteiger partial charge in [-0.3, -0.25) is 11.3 Å². The van der Waals surface area contributed by atoms with Crippen LogP contribution in [0, 0.1) is 6.92 Å². The molecule has 4 heteroatoms. The molecule has 3 N–H and O–H groups in total. The van der Waals surface area contributed by atoms with Gasteiger partial charge in [0.15, 0.2) is 0 Å². The average molecular weight is 307 g/mol. The largest absolute Gasteiger partial charge is 0.271 e. The molecular formula is C16H19ClN2S. The molecule has 0 heterocycles. The first-order valence-corrected chi connectivity index (χ1v) is 7.94. The standard InChI is InChI=1S/C16H19ClN2S/c1-12-4-2-3-5-16(12)20-11-15(19-18)10-13-6-8-14(17)9-7-13/h2-9,15,19H,10-11,18H2,1H3. The lowest BCUT2D eigenvalue weighted by atomic mass is 10.1. The van der Waals surface area contributed by atoms with E-state index in [-0.39, 0.29) is 6.04 Å². The van der Waals surface area contributed by atoms with Gasteiger partial charge in [-0.05, 0) is 42.7 Å². The second-order valence-corrected chi connectivity index (χ2v) is 6.27. The Bertz CT molecular complexity index is 542. The van der Waals surface area contributed by atoms with Crippen LogP contribution in [0.3, 0.4) is 0 Å². The predicted octanol–water partition coefficient (Wildman–Crippen LogP) is 3.82. The third-order valence-electron chi connectivity index (χ3n) is 3.16. The number of nitrogens with one attached hydrogen (secondary N) is 1. The zero-order chi connectivity index (χ0) is 14.4. The molecule has 0 aromatic heterocycles. The van der Waals surface area contributed by atoms with Gasteiger partial charge >= 0.3 is 0 Å². The van der Waals surface area contributed by atoms with Crippen molar-refractivity contribution in [2.24, 2.45) is 5.84 Å². The summed E-state index contributed by atoms with van der Waals surface area (Å²) in [7, 11) is 0. The average Bonchev–Trinajstić information content (AvgIpc) is 2.47. The Labute approximate surface area is 129 Å². The van der Waals surface area contributed by atoms with E-state index in [1.807, 2.05) is 36.0 Å². The molecule has 0 saturated heterocycles. The van der Waals surface area contributed by atoms with E-state index in [9.17, 15) is 0 Å². The highest BCUT2D eigenvalue weighted by Gasteiger charge is 2.09. The van der Waals surface area contributed by atoms with Crippen LogP contribution in [0.25, 0.3) is 0 Å². The smallest absolute Gasteiger partial charge is 0.0406 e. The molecular weight excluding hydrogens is 288 g/mol. The Balaban J connectivity index is 1.92. The highest BCUT2D eigenvalue weighted by molar-refractivity contribution is 7.99. The minimum atomic E-state index is 0.237. The Kier molecular flexibility index (Phi) is 5.92. The van der Waals surface area contributed by atoms with Crippen molar-refractivity contribution in [2.45, 2.75) is 24.3 Å². The quantitative estimate of drug-likeness (QED) is 0.484. The van der Waals surface area contributed by atoms with Crippen LogP contribution in [0.15, 0.2) is 53.4 Å². The molecule has 0 radical (unpaired) electrons. The van der Waals surface area contributed by atoms with Crippen LogP contribution in [0.2, 0.25) is 5.02 Å². The number of hydrazine groups is 1. The molecule has 0 spiro atoms. The van der Waals surface area contributed by atoms with Gasteiger partial charge in [-0.2, -0.15) is 0 Å². The number of halogens is 1. The van der Waals surface area contributed by atoms with Gasteiger partial charge in [-0.25, -0.2) is 0 Å². The first kappa shape index (κ1) is 15.4. The Morgan fingerprint density at radius 2 is 1.85 bits per heavy atom. The summed E-state index contributed by atoms with van der Waals surface area (Å²) in [6, 6.07) is 16.6. The van der Waals surface area contributed by atoms with E-state index < -0.39 is 0 Å². The first-order valence-electron chi connectivity index (χ1n) is 6.58. The fraction of sp³-hybridized carbons (Fsp3) is 0.250. The minimum Gasteiger partial charge on any atom is -0.271 e. The molecule has 0 aliphatic heterocycles. The molecule has 0 aliphatic rings. The molecule has 1 atom stereocenters. The molecule has 0 aliphatic carbocycles. The molecule has 0 bridgehead atoms. The number of nitrogens with two attached hydrogens (primary N) is 1. The molecule has 2 aromatic carbocycles. The van der Waals surface area contributed by atoms with E-state index in [1.165, 1.54) is 16.0 Å². The molecule has 2 aromatic rings. The zero-order valence-corrected chi connectivity index (χ0v) is 13.0. The van der Waals surface area contributed by atoms with Crippen molar-refractivity contribution in [3.63, 3.8) is 0 Å². The normalized spacial score (nSPS) is 12.3. The third-order valence-corrected chi connectivity index (χ3v) is 4.75. The molecule has 0 saturated carbocycles. The summed E-state index contributed by atoms with van der Waals surface area (Å²) >= 11 is 7.73. The van der Waals surface area contributed by atoms with Gasteiger partial charge in [0.2, 0.25) is 0 Å². The minimum absolute atomic E-state index is 0.237. The topological polar surface area (TPSA) is 38.0 Å². The van der Waals surface area contributed by atoms with Crippen LogP contribution in [0.1, 0.15) is 11.1 Å². The van der Waals surface area contributed by atoms with Crippen LogP contribution in [0.4, 0.5) is 0 Å². The molecule has 1 unspecified atom stereocenters. The highest BCUT2D eigenvalue weighted by Crippen LogP contribution is 2.23. The summed E-state index contributed by atoms with van der Waals surface area (Å²) in [6.07, 6.45) is 0.895. The van der Waals surface area contributed by atoms with Gasteiger partial charge in [0.25, 0.3) is 0 Å². The Morgan fingerprint density at radius 3 is 2.50 bits per heavy atom. The Morgan fingerprint density at radius 1 is 1.15 bits per heavy atom. The number of hydrogen-bond acceptors (Lipinski definition) is 3. The lowest BCUT2D eigenvalue weighted by Crippen LogP contribution is -2.38. The van der Waals surface area contributed by atoms with Crippen LogP contribution in [0.5, 0.6) is 0 Å². The number of benzene rings is 2. The maximum Gasteiger partial charge on any atom is 0.0406 e. The van der Waals surface area contributed by atoms with E-state index in [4.69, 9.17) is 17.4 Å². The van der Waals surface area contributed by atoms with E-state index in [1.54, 1.807) is 0 Å². The molecule has 20 heavy (non-hydrogen) atoms. The zero-order valence-electron chi connectivity index (χ0n) is 11.5. The number of hydrogen-bond donors (Lipinski definition) is 2. The molecule has 0 fully saturated rings. The van der Waals surface area contributed by atoms with Gasteiger partial charge in [0.1, 0.15) is 0 Å². The first-order chi connectivity index (χ1) is 9.69. The maximum atomic E-state index is 5.90. The number of rotatable bonds is 6. The van der Waals surface area contributed by atoms with Crippen molar-refractivity contribution in [1.82, 2.24) is 5.43 Å². The van der Waals surface area contributed by atoms with Gasteiger partial charge in [-0.15, -0.1) is 11.8 Å². The van der Waals surface area contributed by atoms with E-state index in [0.29, 0.717) is 0 Å². The highest BCUT2D eigenvalue weighted by atomic mass is 35.5. The lowest BCUT2D eigenvalue weighted by Gasteiger charge is -2.16. The molecule has 2 rings (SSSR count). The molecule has 2 nitrogen and oxygen atoms in total. The SMILES string of the molecule is Cc1ccccc1SCC(Cc1ccc(Cl)cc1)NN. The van der Waals surface area contributed by atoms with Crippen molar-refractivity contribution in [3.05, 3.63) is 64.7 Å². The number of thioether (sulfide) groups is 1. The van der Waals surface area contributed by atoms with Crippen molar-refractivity contribution < 1.29 is 0 Å². The van der Waals surface area contributed by atoms with Crippen LogP contribution >= 0.6 is 23.4 Å². The Hall–Kier alpha value is -1.00. The van der Waals surface area contributed by atoms with E-state index in [0.717, 1.165) is 17.2 Å². The third kappa shape index (κ3) is 4.53. The maximum absolute atomic E-state index is 5.90. The van der Waals surface area contributed by atoms with Gasteiger partial charge in [-0.1, -0.05) is 41.9 Å². The summed E-state index contributed by atoms with van der Waals surface area (Å²) in [5.74, 6) is 6.60. The van der Waals surface area contributed by atoms with Crippen LogP contribution in [-0.2, 0) is 6.42 Å². The summed E-state index contributed by atoms with van der Waals surface area (Å²) in [6.45, 7) is 2.13. The summed E-state index contributed by atoms with van der Waals surface area (Å²) in [5, 5.41) is 0.764. The molecule has 106 valence electrons. The van der Waals surface area contributed by atoms with Crippen molar-refractivity contribution in [3.8, 4) is 0 Å². The van der Waals surface area contributed by atoms with Crippen LogP contribution in [-0.4, -0.2) is 11.8 Å². The van der Waals surface area contributed by atoms with Gasteiger partial charge in [0, 0.05) is 21.7 Å². The summed E-state index contributed by atoms with van der Waals surface area (Å²) in [4.78, 5) is 1.31. The fourth-order valence-electron chi connectivity index (χ4n) is 1.98. The van der Waals surface area contributed by atoms with Gasteiger partial charge in [0.05, 0.1) is 0 Å². The monoisotopic (exact) mass is 306 g/mol. The van der Waals surface area contributed by atoms with E-state index in [2.05, 4.69) is 36.6 Å². The van der Waals surface area contributed by atoms with Crippen molar-refractivity contribution in [1.29, 1.82) is 0 Å². The number of aryl methyl sites for hydroxylation is 1. The predicted molar refractivity (Wildman–Crippen MR) is 88.2 cm³/mol. The fourth-order valence-corrected chi connectivity index (χ4v) is 3.17. The second kappa shape index (κ2) is 7.70. The summed E-state index contributed by atoms with van der Waals surface area (Å²) < 4.78 is 0. The van der Waals surface area contributed by atoms with Crippen LogP contribution < -0.4 is 11.3 Å². The summed E-state index contributed by atoms with van der Waals surface area (Å²) in [5.41, 5.74) is 5.45. The van der Waals surface area contributed by atoms with Crippen molar-refractivity contribution >= 4 is 23.4 Å².